The summed E-state index contributed by atoms with van der Waals surface area (Å²) in [6.45, 7) is 6.75. The van der Waals surface area contributed by atoms with Gasteiger partial charge in [-0.3, -0.25) is 9.69 Å². The molecule has 3 N–H and O–H groups in total. The zero-order chi connectivity index (χ0) is 16.2. The molecule has 3 saturated heterocycles. The van der Waals surface area contributed by atoms with Crippen LogP contribution in [0.2, 0.25) is 0 Å². The van der Waals surface area contributed by atoms with Crippen LogP contribution in [0.25, 0.3) is 10.2 Å². The summed E-state index contributed by atoms with van der Waals surface area (Å²) in [6, 6.07) is 2.04. The van der Waals surface area contributed by atoms with E-state index in [-0.39, 0.29) is 23.4 Å². The number of anilines is 1. The van der Waals surface area contributed by atoms with E-state index in [9.17, 15) is 4.79 Å². The Kier molecular flexibility index (Phi) is 3.32. The zero-order valence-electron chi connectivity index (χ0n) is 13.4. The van der Waals surface area contributed by atoms with Crippen LogP contribution in [0.4, 0.5) is 5.95 Å². The molecule has 7 heteroatoms. The van der Waals surface area contributed by atoms with Gasteiger partial charge in [-0.2, -0.15) is 0 Å². The van der Waals surface area contributed by atoms with E-state index in [1.807, 2.05) is 6.07 Å². The molecule has 6 nitrogen and oxygen atoms in total. The Morgan fingerprint density at radius 2 is 2.17 bits per heavy atom. The fourth-order valence-corrected chi connectivity index (χ4v) is 4.96. The average molecular weight is 331 g/mol. The summed E-state index contributed by atoms with van der Waals surface area (Å²) in [7, 11) is 0. The SMILES string of the molecule is CC1(C)[C@@H](NC(=O)c2cc3cnc(N)nc3s2)C2CCN1CC2. The summed E-state index contributed by atoms with van der Waals surface area (Å²) in [5, 5.41) is 4.15. The van der Waals surface area contributed by atoms with Crippen molar-refractivity contribution >= 4 is 33.4 Å². The minimum atomic E-state index is -0.0154. The first-order valence-electron chi connectivity index (χ1n) is 8.03. The quantitative estimate of drug-likeness (QED) is 0.878. The van der Waals surface area contributed by atoms with Gasteiger partial charge in [0.25, 0.3) is 5.91 Å². The van der Waals surface area contributed by atoms with Gasteiger partial charge in [0.2, 0.25) is 5.95 Å². The van der Waals surface area contributed by atoms with Crippen LogP contribution in [-0.2, 0) is 0 Å². The second kappa shape index (κ2) is 5.14. The molecular weight excluding hydrogens is 310 g/mol. The zero-order valence-corrected chi connectivity index (χ0v) is 14.2. The second-order valence-corrected chi connectivity index (χ2v) is 8.06. The molecule has 0 radical (unpaired) electrons. The normalized spacial score (nSPS) is 28.9. The molecule has 2 bridgehead atoms. The molecule has 0 aromatic carbocycles. The first-order valence-corrected chi connectivity index (χ1v) is 8.85. The van der Waals surface area contributed by atoms with Crippen molar-refractivity contribution in [1.82, 2.24) is 20.2 Å². The smallest absolute Gasteiger partial charge is 0.261 e. The lowest BCUT2D eigenvalue weighted by molar-refractivity contribution is -0.0377. The summed E-state index contributed by atoms with van der Waals surface area (Å²) in [5.41, 5.74) is 5.63. The monoisotopic (exact) mass is 331 g/mol. The van der Waals surface area contributed by atoms with Gasteiger partial charge in [-0.15, -0.1) is 11.3 Å². The molecule has 0 unspecified atom stereocenters. The first kappa shape index (κ1) is 14.8. The van der Waals surface area contributed by atoms with Gasteiger partial charge in [0.15, 0.2) is 0 Å². The van der Waals surface area contributed by atoms with Crippen molar-refractivity contribution < 1.29 is 4.79 Å². The van der Waals surface area contributed by atoms with E-state index in [1.165, 1.54) is 24.2 Å². The van der Waals surface area contributed by atoms with Crippen LogP contribution in [0.5, 0.6) is 0 Å². The Labute approximate surface area is 139 Å². The van der Waals surface area contributed by atoms with Gasteiger partial charge in [0.05, 0.1) is 4.88 Å². The number of nitrogen functional groups attached to an aromatic ring is 1. The number of fused-ring (bicyclic) bond motifs is 4. The molecule has 2 aromatic rings. The number of hydrogen-bond donors (Lipinski definition) is 2. The Morgan fingerprint density at radius 1 is 1.43 bits per heavy atom. The number of nitrogens with one attached hydrogen (secondary N) is 1. The number of thiophene rings is 1. The van der Waals surface area contributed by atoms with Gasteiger partial charge >= 0.3 is 0 Å². The van der Waals surface area contributed by atoms with Crippen LogP contribution < -0.4 is 11.1 Å². The molecule has 5 heterocycles. The van der Waals surface area contributed by atoms with Crippen molar-refractivity contribution in [3.63, 3.8) is 0 Å². The minimum absolute atomic E-state index is 0.0116. The molecule has 3 aliphatic heterocycles. The highest BCUT2D eigenvalue weighted by Crippen LogP contribution is 2.39. The Bertz CT molecular complexity index is 763. The molecule has 3 fully saturated rings. The van der Waals surface area contributed by atoms with Crippen LogP contribution in [-0.4, -0.2) is 45.4 Å². The maximum absolute atomic E-state index is 12.7. The van der Waals surface area contributed by atoms with Crippen LogP contribution in [0.1, 0.15) is 36.4 Å². The molecule has 23 heavy (non-hydrogen) atoms. The van der Waals surface area contributed by atoms with Crippen LogP contribution >= 0.6 is 11.3 Å². The van der Waals surface area contributed by atoms with E-state index in [1.54, 1.807) is 6.20 Å². The van der Waals surface area contributed by atoms with Gasteiger partial charge in [-0.25, -0.2) is 9.97 Å². The van der Waals surface area contributed by atoms with E-state index in [4.69, 9.17) is 5.73 Å². The third kappa shape index (κ3) is 2.38. The molecule has 3 aliphatic rings. The lowest BCUT2D eigenvalue weighted by Crippen LogP contribution is -2.69. The molecule has 122 valence electrons. The van der Waals surface area contributed by atoms with Crippen LogP contribution in [0.3, 0.4) is 0 Å². The minimum Gasteiger partial charge on any atom is -0.368 e. The summed E-state index contributed by atoms with van der Waals surface area (Å²) in [5.74, 6) is 0.798. The first-order chi connectivity index (χ1) is 10.9. The standard InChI is InChI=1S/C16H21N5OS/c1-16(2)12(9-3-5-21(16)6-4-9)19-13(22)11-7-10-8-18-15(17)20-14(10)23-11/h7-9,12H,3-6H2,1-2H3,(H,19,22)(H2,17,18,20)/t12-/m0/s1. The number of aromatic nitrogens is 2. The number of hydrogen-bond acceptors (Lipinski definition) is 6. The number of nitrogens with two attached hydrogens (primary N) is 1. The molecule has 5 rings (SSSR count). The van der Waals surface area contributed by atoms with E-state index in [0.717, 1.165) is 23.3 Å². The Balaban J connectivity index is 1.59. The van der Waals surface area contributed by atoms with Gasteiger partial charge in [-0.1, -0.05) is 0 Å². The van der Waals surface area contributed by atoms with Crippen molar-refractivity contribution in [3.05, 3.63) is 17.1 Å². The maximum Gasteiger partial charge on any atom is 0.261 e. The number of piperidine rings is 3. The van der Waals surface area contributed by atoms with Crippen molar-refractivity contribution in [1.29, 1.82) is 0 Å². The highest BCUT2D eigenvalue weighted by Gasteiger charge is 2.48. The molecular formula is C16H21N5OS. The Morgan fingerprint density at radius 3 is 2.87 bits per heavy atom. The van der Waals surface area contributed by atoms with Crippen molar-refractivity contribution in [2.24, 2.45) is 5.92 Å². The van der Waals surface area contributed by atoms with Crippen LogP contribution in [0, 0.1) is 5.92 Å². The van der Waals surface area contributed by atoms with Crippen LogP contribution in [0.15, 0.2) is 12.3 Å². The number of rotatable bonds is 2. The molecule has 0 spiro atoms. The molecule has 1 atom stereocenters. The predicted molar refractivity (Wildman–Crippen MR) is 91.5 cm³/mol. The largest absolute Gasteiger partial charge is 0.368 e. The van der Waals surface area contributed by atoms with E-state index >= 15 is 0 Å². The summed E-state index contributed by atoms with van der Waals surface area (Å²) in [4.78, 5) is 24.8. The second-order valence-electron chi connectivity index (χ2n) is 7.03. The highest BCUT2D eigenvalue weighted by atomic mass is 32.1. The van der Waals surface area contributed by atoms with Crippen molar-refractivity contribution in [3.8, 4) is 0 Å². The molecule has 0 aliphatic carbocycles. The third-order valence-corrected chi connectivity index (χ3v) is 6.43. The maximum atomic E-state index is 12.7. The summed E-state index contributed by atoms with van der Waals surface area (Å²) < 4.78 is 0. The number of nitrogens with zero attached hydrogens (tertiary/aromatic N) is 3. The summed E-state index contributed by atoms with van der Waals surface area (Å²) >= 11 is 1.37. The summed E-state index contributed by atoms with van der Waals surface area (Å²) in [6.07, 6.45) is 4.01. The Hall–Kier alpha value is -1.73. The third-order valence-electron chi connectivity index (χ3n) is 5.39. The average Bonchev–Trinajstić information content (AvgIpc) is 2.94. The van der Waals surface area contributed by atoms with E-state index in [0.29, 0.717) is 10.8 Å². The lowest BCUT2D eigenvalue weighted by atomic mass is 9.72. The number of carbonyl (C=O) groups is 1. The van der Waals surface area contributed by atoms with Gasteiger partial charge < -0.3 is 11.1 Å². The van der Waals surface area contributed by atoms with E-state index < -0.39 is 0 Å². The van der Waals surface area contributed by atoms with Gasteiger partial charge in [0.1, 0.15) is 4.83 Å². The van der Waals surface area contributed by atoms with E-state index in [2.05, 4.69) is 34.0 Å². The number of carbonyl (C=O) groups excluding carboxylic acids is 1. The fraction of sp³-hybridized carbons (Fsp3) is 0.562. The fourth-order valence-electron chi connectivity index (χ4n) is 4.05. The number of amides is 1. The van der Waals surface area contributed by atoms with Crippen molar-refractivity contribution in [2.75, 3.05) is 18.8 Å². The molecule has 0 saturated carbocycles. The topological polar surface area (TPSA) is 84.1 Å². The molecule has 2 aromatic heterocycles. The molecule has 1 amide bonds. The van der Waals surface area contributed by atoms with Crippen molar-refractivity contribution in [2.45, 2.75) is 38.3 Å². The predicted octanol–water partition coefficient (Wildman–Crippen LogP) is 1.88. The van der Waals surface area contributed by atoms with Gasteiger partial charge in [0, 0.05) is 23.2 Å². The lowest BCUT2D eigenvalue weighted by Gasteiger charge is -2.56. The highest BCUT2D eigenvalue weighted by molar-refractivity contribution is 7.20. The van der Waals surface area contributed by atoms with Gasteiger partial charge in [-0.05, 0) is 51.8 Å².